The Bertz CT molecular complexity index is 986. The van der Waals surface area contributed by atoms with Crippen LogP contribution in [-0.2, 0) is 6.54 Å². The van der Waals surface area contributed by atoms with Crippen LogP contribution in [-0.4, -0.2) is 34.3 Å². The molecule has 148 valence electrons. The highest BCUT2D eigenvalue weighted by atomic mass is 16.5. The number of pyridine rings is 1. The molecule has 3 rings (SSSR count). The number of rotatable bonds is 8. The molecule has 3 aromatic rings. The van der Waals surface area contributed by atoms with E-state index in [0.717, 1.165) is 40.9 Å². The molecular weight excluding hydrogens is 362 g/mol. The normalized spacial score (nSPS) is 10.6. The molecule has 2 aromatic carbocycles. The fraction of sp³-hybridized carbons (Fsp3) is 0.167. The quantitative estimate of drug-likeness (QED) is 0.444. The van der Waals surface area contributed by atoms with Crippen LogP contribution in [0.1, 0.15) is 28.5 Å². The van der Waals surface area contributed by atoms with Crippen LogP contribution < -0.4 is 5.32 Å². The van der Waals surface area contributed by atoms with Crippen LogP contribution in [0.5, 0.6) is 0 Å². The molecule has 1 aromatic heterocycles. The van der Waals surface area contributed by atoms with Gasteiger partial charge in [-0.15, -0.1) is 0 Å². The number of nitrogens with zero attached hydrogens (tertiary/aromatic N) is 2. The van der Waals surface area contributed by atoms with E-state index in [4.69, 9.17) is 0 Å². The van der Waals surface area contributed by atoms with E-state index in [1.165, 1.54) is 0 Å². The number of hydroxylamine groups is 2. The predicted octanol–water partition coefficient (Wildman–Crippen LogP) is 4.40. The number of benzene rings is 2. The fourth-order valence-electron chi connectivity index (χ4n) is 2.98. The Kier molecular flexibility index (Phi) is 6.89. The van der Waals surface area contributed by atoms with E-state index in [2.05, 4.69) is 23.8 Å². The smallest absolute Gasteiger partial charge is 0.296 e. The molecule has 0 radical (unpaired) electrons. The van der Waals surface area contributed by atoms with Gasteiger partial charge in [-0.1, -0.05) is 62.0 Å². The number of amides is 1. The predicted molar refractivity (Wildman–Crippen MR) is 115 cm³/mol. The lowest BCUT2D eigenvalue weighted by atomic mass is 10.00. The Morgan fingerprint density at radius 1 is 1.07 bits per heavy atom. The van der Waals surface area contributed by atoms with Gasteiger partial charge in [0.05, 0.1) is 6.54 Å². The molecule has 0 unspecified atom stereocenters. The minimum absolute atomic E-state index is 0.102. The topological polar surface area (TPSA) is 65.5 Å². The van der Waals surface area contributed by atoms with Crippen LogP contribution in [0.2, 0.25) is 0 Å². The average Bonchev–Trinajstić information content (AvgIpc) is 2.77. The van der Waals surface area contributed by atoms with Gasteiger partial charge in [-0.25, -0.2) is 5.06 Å². The van der Waals surface area contributed by atoms with Crippen molar-refractivity contribution in [3.05, 3.63) is 96.3 Å². The first kappa shape index (κ1) is 20.5. The number of carbonyl (C=O) groups excluding carboxylic acids is 1. The zero-order chi connectivity index (χ0) is 20.6. The third kappa shape index (κ3) is 5.38. The van der Waals surface area contributed by atoms with Crippen molar-refractivity contribution in [2.24, 2.45) is 0 Å². The molecule has 1 amide bonds. The van der Waals surface area contributed by atoms with Crippen molar-refractivity contribution in [2.75, 3.05) is 13.1 Å². The Balaban J connectivity index is 1.79. The Morgan fingerprint density at radius 3 is 2.59 bits per heavy atom. The third-order valence-electron chi connectivity index (χ3n) is 4.58. The fourth-order valence-corrected chi connectivity index (χ4v) is 2.98. The second-order valence-corrected chi connectivity index (χ2v) is 6.74. The monoisotopic (exact) mass is 387 g/mol. The summed E-state index contributed by atoms with van der Waals surface area (Å²) in [6.45, 7) is 7.90. The van der Waals surface area contributed by atoms with Gasteiger partial charge in [-0.05, 0) is 52.6 Å². The van der Waals surface area contributed by atoms with Crippen molar-refractivity contribution in [3.63, 3.8) is 0 Å². The number of likely N-dealkylation sites (N-methyl/N-ethyl adjacent to an activating group) is 1. The summed E-state index contributed by atoms with van der Waals surface area (Å²) < 4.78 is 0. The van der Waals surface area contributed by atoms with Gasteiger partial charge < -0.3 is 5.32 Å². The molecule has 0 aliphatic heterocycles. The summed E-state index contributed by atoms with van der Waals surface area (Å²) in [5, 5.41) is 14.2. The van der Waals surface area contributed by atoms with Crippen LogP contribution in [0.4, 0.5) is 0 Å². The number of hydrogen-bond acceptors (Lipinski definition) is 4. The van der Waals surface area contributed by atoms with Crippen molar-refractivity contribution in [3.8, 4) is 11.1 Å². The van der Waals surface area contributed by atoms with Gasteiger partial charge >= 0.3 is 0 Å². The molecule has 0 aliphatic rings. The van der Waals surface area contributed by atoms with Gasteiger partial charge in [0, 0.05) is 12.7 Å². The van der Waals surface area contributed by atoms with Crippen molar-refractivity contribution in [2.45, 2.75) is 13.5 Å². The van der Waals surface area contributed by atoms with Crippen molar-refractivity contribution in [1.29, 1.82) is 0 Å². The number of nitrogens with one attached hydrogen (secondary N) is 1. The second-order valence-electron chi connectivity index (χ2n) is 6.74. The van der Waals surface area contributed by atoms with Gasteiger partial charge in [-0.2, -0.15) is 0 Å². The van der Waals surface area contributed by atoms with Gasteiger partial charge in [0.15, 0.2) is 0 Å². The Labute approximate surface area is 171 Å². The minimum Gasteiger partial charge on any atom is -0.313 e. The largest absolute Gasteiger partial charge is 0.313 e. The summed E-state index contributed by atoms with van der Waals surface area (Å²) in [5.41, 5.74) is 4.90. The maximum atomic E-state index is 12.6. The lowest BCUT2D eigenvalue weighted by Gasteiger charge is -2.15. The molecule has 0 fully saturated rings. The van der Waals surface area contributed by atoms with Crippen LogP contribution >= 0.6 is 0 Å². The van der Waals surface area contributed by atoms with Gasteiger partial charge in [0.2, 0.25) is 0 Å². The Morgan fingerprint density at radius 2 is 1.83 bits per heavy atom. The van der Waals surface area contributed by atoms with Crippen LogP contribution in [0.25, 0.3) is 16.7 Å². The van der Waals surface area contributed by atoms with Gasteiger partial charge in [0.1, 0.15) is 5.69 Å². The Hall–Kier alpha value is -3.28. The average molecular weight is 387 g/mol. The third-order valence-corrected chi connectivity index (χ3v) is 4.58. The molecular formula is C24H25N3O2. The first-order valence-electron chi connectivity index (χ1n) is 9.58. The van der Waals surface area contributed by atoms with Gasteiger partial charge in [-0.3, -0.25) is 15.0 Å². The van der Waals surface area contributed by atoms with E-state index in [0.29, 0.717) is 5.06 Å². The molecule has 2 N–H and O–H groups in total. The van der Waals surface area contributed by atoms with Crippen LogP contribution in [0.15, 0.2) is 79.5 Å². The molecule has 29 heavy (non-hydrogen) atoms. The van der Waals surface area contributed by atoms with Crippen molar-refractivity contribution in [1.82, 2.24) is 15.4 Å². The summed E-state index contributed by atoms with van der Waals surface area (Å²) in [6.07, 6.45) is 1.58. The van der Waals surface area contributed by atoms with Crippen molar-refractivity contribution >= 4 is 11.5 Å². The molecule has 5 nitrogen and oxygen atoms in total. The second kappa shape index (κ2) is 9.78. The van der Waals surface area contributed by atoms with E-state index in [-0.39, 0.29) is 12.2 Å². The minimum atomic E-state index is -0.539. The van der Waals surface area contributed by atoms with E-state index < -0.39 is 5.91 Å². The summed E-state index contributed by atoms with van der Waals surface area (Å²) in [5.74, 6) is -0.539. The molecule has 0 saturated carbocycles. The highest BCUT2D eigenvalue weighted by Gasteiger charge is 2.16. The zero-order valence-electron chi connectivity index (χ0n) is 16.5. The maximum Gasteiger partial charge on any atom is 0.296 e. The zero-order valence-corrected chi connectivity index (χ0v) is 16.5. The van der Waals surface area contributed by atoms with Crippen LogP contribution in [0.3, 0.4) is 0 Å². The van der Waals surface area contributed by atoms with Gasteiger partial charge in [0.25, 0.3) is 5.91 Å². The summed E-state index contributed by atoms with van der Waals surface area (Å²) >= 11 is 0. The number of carbonyl (C=O) groups is 1. The summed E-state index contributed by atoms with van der Waals surface area (Å²) in [7, 11) is 0. The molecule has 1 heterocycles. The highest BCUT2D eigenvalue weighted by Crippen LogP contribution is 2.24. The lowest BCUT2D eigenvalue weighted by Crippen LogP contribution is -2.27. The highest BCUT2D eigenvalue weighted by molar-refractivity contribution is 5.92. The summed E-state index contributed by atoms with van der Waals surface area (Å²) in [4.78, 5) is 16.8. The van der Waals surface area contributed by atoms with Crippen LogP contribution in [0, 0.1) is 0 Å². The SMILES string of the molecule is C=C(CNCC)c1cccc(-c2ccnc(C(=O)N(O)Cc3ccccc3)c2)c1. The first-order chi connectivity index (χ1) is 14.1. The molecule has 0 aliphatic carbocycles. The van der Waals surface area contributed by atoms with E-state index in [1.54, 1.807) is 12.3 Å². The molecule has 0 spiro atoms. The molecule has 5 heteroatoms. The first-order valence-corrected chi connectivity index (χ1v) is 9.58. The molecule has 0 saturated heterocycles. The van der Waals surface area contributed by atoms with E-state index >= 15 is 0 Å². The number of hydrogen-bond donors (Lipinski definition) is 2. The number of aromatic nitrogens is 1. The molecule has 0 atom stereocenters. The maximum absolute atomic E-state index is 12.6. The van der Waals surface area contributed by atoms with Crippen molar-refractivity contribution < 1.29 is 10.0 Å². The molecule has 0 bridgehead atoms. The standard InChI is InChI=1S/C24H25N3O2/c1-3-25-16-18(2)20-10-7-11-21(14-20)22-12-13-26-23(15-22)24(28)27(29)17-19-8-5-4-6-9-19/h4-15,25,29H,2-3,16-17H2,1H3. The summed E-state index contributed by atoms with van der Waals surface area (Å²) in [6, 6.07) is 20.9. The van der Waals surface area contributed by atoms with E-state index in [9.17, 15) is 10.0 Å². The lowest BCUT2D eigenvalue weighted by molar-refractivity contribution is -0.0652. The van der Waals surface area contributed by atoms with E-state index in [1.807, 2.05) is 60.7 Å².